The van der Waals surface area contributed by atoms with Crippen molar-refractivity contribution >= 4 is 28.6 Å². The molecule has 0 unspecified atom stereocenters. The molecule has 5 rings (SSSR count). The van der Waals surface area contributed by atoms with Gasteiger partial charge < -0.3 is 15.0 Å². The second kappa shape index (κ2) is 7.13. The number of ether oxygens (including phenoxy) is 1. The summed E-state index contributed by atoms with van der Waals surface area (Å²) in [6.07, 6.45) is 7.05. The molecule has 0 radical (unpaired) electrons. The number of nitrogens with zero attached hydrogens (tertiary/aromatic N) is 3. The zero-order valence-corrected chi connectivity index (χ0v) is 15.8. The van der Waals surface area contributed by atoms with Crippen molar-refractivity contribution in [3.8, 4) is 5.75 Å². The number of hydrogen-bond acceptors (Lipinski definition) is 5. The van der Waals surface area contributed by atoms with Gasteiger partial charge in [-0.3, -0.25) is 0 Å². The van der Waals surface area contributed by atoms with Gasteiger partial charge in [-0.2, -0.15) is 0 Å². The second-order valence-electron chi connectivity index (χ2n) is 6.83. The Morgan fingerprint density at radius 2 is 2.04 bits per heavy atom. The van der Waals surface area contributed by atoms with Crippen LogP contribution in [-0.2, 0) is 19.4 Å². The summed E-state index contributed by atoms with van der Waals surface area (Å²) < 4.78 is 5.55. The molecule has 4 heterocycles. The maximum Gasteiger partial charge on any atom is 0.156 e. The van der Waals surface area contributed by atoms with E-state index < -0.39 is 0 Å². The zero-order valence-electron chi connectivity index (χ0n) is 15.1. The van der Waals surface area contributed by atoms with Crippen LogP contribution >= 0.6 is 11.6 Å². The molecule has 0 saturated heterocycles. The number of H-pyrrole nitrogens is 1. The van der Waals surface area contributed by atoms with Crippen LogP contribution in [0.1, 0.15) is 22.3 Å². The summed E-state index contributed by atoms with van der Waals surface area (Å²) in [5.41, 5.74) is 6.20. The molecule has 1 aliphatic rings. The topological polar surface area (TPSA) is 75.7 Å². The lowest BCUT2D eigenvalue weighted by Crippen LogP contribution is -2.02. The van der Waals surface area contributed by atoms with Crippen LogP contribution in [0.25, 0.3) is 11.2 Å². The predicted octanol–water partition coefficient (Wildman–Crippen LogP) is 4.14. The molecule has 0 saturated carbocycles. The molecule has 2 N–H and O–H groups in total. The minimum atomic E-state index is 0.393. The molecule has 28 heavy (non-hydrogen) atoms. The summed E-state index contributed by atoms with van der Waals surface area (Å²) in [5.74, 6) is 1.86. The van der Waals surface area contributed by atoms with Gasteiger partial charge in [0.25, 0.3) is 0 Å². The fourth-order valence-electron chi connectivity index (χ4n) is 3.45. The van der Waals surface area contributed by atoms with E-state index in [0.29, 0.717) is 11.6 Å². The third-order valence-corrected chi connectivity index (χ3v) is 5.06. The Bertz CT molecular complexity index is 1140. The van der Waals surface area contributed by atoms with Crippen LogP contribution in [-0.4, -0.2) is 26.5 Å². The Balaban J connectivity index is 1.26. The smallest absolute Gasteiger partial charge is 0.156 e. The van der Waals surface area contributed by atoms with Gasteiger partial charge in [0.05, 0.1) is 12.8 Å². The average Bonchev–Trinajstić information content (AvgIpc) is 3.34. The average molecular weight is 392 g/mol. The number of hydrogen-bond donors (Lipinski definition) is 2. The highest BCUT2D eigenvalue weighted by atomic mass is 35.5. The fraction of sp³-hybridized carbons (Fsp3) is 0.190. The van der Waals surface area contributed by atoms with Crippen LogP contribution in [0, 0.1) is 0 Å². The lowest BCUT2D eigenvalue weighted by Gasteiger charge is -2.08. The van der Waals surface area contributed by atoms with Crippen LogP contribution in [0.3, 0.4) is 0 Å². The number of fused-ring (bicyclic) bond motifs is 2. The van der Waals surface area contributed by atoms with Crippen molar-refractivity contribution in [3.05, 3.63) is 76.3 Å². The lowest BCUT2D eigenvalue weighted by molar-refractivity contribution is 0.357. The van der Waals surface area contributed by atoms with Crippen molar-refractivity contribution in [1.82, 2.24) is 19.9 Å². The number of pyridine rings is 1. The largest absolute Gasteiger partial charge is 0.493 e. The zero-order chi connectivity index (χ0) is 18.9. The molecule has 0 aliphatic carbocycles. The molecule has 7 heteroatoms. The first-order chi connectivity index (χ1) is 13.7. The van der Waals surface area contributed by atoms with E-state index >= 15 is 0 Å². The van der Waals surface area contributed by atoms with Gasteiger partial charge in [-0.05, 0) is 28.8 Å². The number of nitrogens with one attached hydrogen (secondary N) is 2. The molecular weight excluding hydrogens is 374 g/mol. The van der Waals surface area contributed by atoms with Crippen molar-refractivity contribution in [1.29, 1.82) is 0 Å². The summed E-state index contributed by atoms with van der Waals surface area (Å²) >= 11 is 5.97. The normalized spacial score (nSPS) is 12.8. The third kappa shape index (κ3) is 3.39. The molecule has 1 aliphatic heterocycles. The van der Waals surface area contributed by atoms with Crippen molar-refractivity contribution < 1.29 is 4.74 Å². The number of aromatic nitrogens is 4. The molecule has 0 fully saturated rings. The van der Waals surface area contributed by atoms with Gasteiger partial charge >= 0.3 is 0 Å². The molecule has 140 valence electrons. The van der Waals surface area contributed by atoms with Crippen molar-refractivity contribution in [2.75, 3.05) is 11.9 Å². The second-order valence-corrected chi connectivity index (χ2v) is 7.21. The summed E-state index contributed by atoms with van der Waals surface area (Å²) in [6, 6.07) is 10.4. The van der Waals surface area contributed by atoms with Gasteiger partial charge in [0.2, 0.25) is 0 Å². The Hall–Kier alpha value is -3.12. The van der Waals surface area contributed by atoms with Crippen LogP contribution in [0.15, 0.2) is 48.9 Å². The quantitative estimate of drug-likeness (QED) is 0.534. The van der Waals surface area contributed by atoms with Crippen LogP contribution < -0.4 is 10.1 Å². The van der Waals surface area contributed by atoms with Gasteiger partial charge in [-0.1, -0.05) is 29.8 Å². The van der Waals surface area contributed by atoms with Crippen LogP contribution in [0.2, 0.25) is 5.15 Å². The maximum atomic E-state index is 5.97. The van der Waals surface area contributed by atoms with Gasteiger partial charge in [0.15, 0.2) is 5.65 Å². The van der Waals surface area contributed by atoms with E-state index in [1.54, 1.807) is 6.20 Å². The number of benzene rings is 1. The van der Waals surface area contributed by atoms with Crippen molar-refractivity contribution in [2.24, 2.45) is 0 Å². The molecule has 4 aromatic rings. The lowest BCUT2D eigenvalue weighted by atomic mass is 10.1. The van der Waals surface area contributed by atoms with Crippen LogP contribution in [0.5, 0.6) is 5.75 Å². The third-order valence-electron chi connectivity index (χ3n) is 4.88. The van der Waals surface area contributed by atoms with E-state index in [1.807, 2.05) is 24.5 Å². The van der Waals surface area contributed by atoms with E-state index in [2.05, 4.69) is 43.5 Å². The molecule has 1 aromatic carbocycles. The first kappa shape index (κ1) is 17.0. The Morgan fingerprint density at radius 3 is 2.93 bits per heavy atom. The van der Waals surface area contributed by atoms with Crippen molar-refractivity contribution in [3.63, 3.8) is 0 Å². The summed E-state index contributed by atoms with van der Waals surface area (Å²) in [7, 11) is 0. The van der Waals surface area contributed by atoms with Crippen LogP contribution in [0.4, 0.5) is 5.82 Å². The molecule has 3 aromatic heterocycles. The number of aromatic amines is 1. The predicted molar refractivity (Wildman–Crippen MR) is 109 cm³/mol. The molecule has 0 bridgehead atoms. The standard InChI is InChI=1S/C21H18ClN5O/c22-18-12-26-21-20(27-18)16(11-25-21)8-14-2-4-19(24-10-14)23-9-13-1-3-17-15(7-13)5-6-28-17/h1-4,7,10-12H,5-6,8-9H2,(H,23,24)(H,25,26). The van der Waals surface area contributed by atoms with Gasteiger partial charge in [0, 0.05) is 37.3 Å². The summed E-state index contributed by atoms with van der Waals surface area (Å²) in [5, 5.41) is 3.77. The molecule has 0 amide bonds. The van der Waals surface area contributed by atoms with Crippen molar-refractivity contribution in [2.45, 2.75) is 19.4 Å². The molecule has 6 nitrogen and oxygen atoms in total. The molecule has 0 atom stereocenters. The fourth-order valence-corrected chi connectivity index (χ4v) is 3.59. The van der Waals surface area contributed by atoms with E-state index in [-0.39, 0.29) is 0 Å². The maximum absolute atomic E-state index is 5.97. The highest BCUT2D eigenvalue weighted by molar-refractivity contribution is 6.29. The minimum Gasteiger partial charge on any atom is -0.493 e. The first-order valence-electron chi connectivity index (χ1n) is 9.16. The van der Waals surface area contributed by atoms with E-state index in [9.17, 15) is 0 Å². The monoisotopic (exact) mass is 391 g/mol. The van der Waals surface area contributed by atoms with Gasteiger partial charge in [-0.15, -0.1) is 0 Å². The Labute approximate surface area is 167 Å². The number of rotatable bonds is 5. The number of halogens is 1. The Kier molecular flexibility index (Phi) is 4.33. The SMILES string of the molecule is Clc1cnc2[nH]cc(Cc3ccc(NCc4ccc5c(c4)CCO5)nc3)c2n1. The molecule has 0 spiro atoms. The summed E-state index contributed by atoms with van der Waals surface area (Å²) in [4.78, 5) is 16.3. The highest BCUT2D eigenvalue weighted by Gasteiger charge is 2.12. The van der Waals surface area contributed by atoms with Gasteiger partial charge in [-0.25, -0.2) is 15.0 Å². The minimum absolute atomic E-state index is 0.393. The van der Waals surface area contributed by atoms with E-state index in [1.165, 1.54) is 11.1 Å². The van der Waals surface area contributed by atoms with E-state index in [4.69, 9.17) is 16.3 Å². The molecular formula is C21H18ClN5O. The van der Waals surface area contributed by atoms with Gasteiger partial charge in [0.1, 0.15) is 22.2 Å². The highest BCUT2D eigenvalue weighted by Crippen LogP contribution is 2.26. The first-order valence-corrected chi connectivity index (χ1v) is 9.54. The van der Waals surface area contributed by atoms with E-state index in [0.717, 1.165) is 53.4 Å². The summed E-state index contributed by atoms with van der Waals surface area (Å²) in [6.45, 7) is 1.51. The Morgan fingerprint density at radius 1 is 1.11 bits per heavy atom. The number of anilines is 1.